The molecule has 2 aromatic carbocycles. The van der Waals surface area contributed by atoms with Gasteiger partial charge in [0.05, 0.1) is 0 Å². The van der Waals surface area contributed by atoms with Crippen LogP contribution in [0, 0.1) is 0 Å². The number of hydrogen-bond donors (Lipinski definition) is 0. The number of hydrogen-bond acceptors (Lipinski definition) is 3. The van der Waals surface area contributed by atoms with Gasteiger partial charge >= 0.3 is 0 Å². The number of rotatable bonds is 8. The molecule has 0 unspecified atom stereocenters. The summed E-state index contributed by atoms with van der Waals surface area (Å²) in [5.41, 5.74) is 5.25. The molecule has 1 amide bonds. The number of amides is 1. The van der Waals surface area contributed by atoms with Crippen LogP contribution in [0.4, 0.5) is 0 Å². The fourth-order valence-electron chi connectivity index (χ4n) is 3.64. The van der Waals surface area contributed by atoms with Crippen LogP contribution in [0.15, 0.2) is 48.5 Å². The second-order valence-corrected chi connectivity index (χ2v) is 9.34. The third kappa shape index (κ3) is 12.7. The van der Waals surface area contributed by atoms with Gasteiger partial charge < -0.3 is 9.69 Å². The highest BCUT2D eigenvalue weighted by Crippen LogP contribution is 2.21. The zero-order chi connectivity index (χ0) is 26.1. The van der Waals surface area contributed by atoms with E-state index < -0.39 is 0 Å². The molecule has 0 saturated carbocycles. The minimum absolute atomic E-state index is 0.188. The van der Waals surface area contributed by atoms with Gasteiger partial charge in [0.2, 0.25) is 5.91 Å². The van der Waals surface area contributed by atoms with E-state index in [4.69, 9.17) is 0 Å². The Labute approximate surface area is 214 Å². The molecule has 194 valence electrons. The number of carbonyl (C=O) groups excluding carboxylic acids is 2. The van der Waals surface area contributed by atoms with Crippen molar-refractivity contribution in [3.8, 4) is 11.1 Å². The molecule has 4 nitrogen and oxygen atoms in total. The van der Waals surface area contributed by atoms with Crippen molar-refractivity contribution in [2.24, 2.45) is 0 Å². The largest absolute Gasteiger partial charge is 0.340 e. The Bertz CT molecular complexity index is 833. The fourth-order valence-corrected chi connectivity index (χ4v) is 3.64. The van der Waals surface area contributed by atoms with Crippen LogP contribution >= 0.6 is 0 Å². The number of carbonyl (C=O) groups is 2. The average molecular weight is 481 g/mol. The highest BCUT2D eigenvalue weighted by molar-refractivity contribution is 5.75. The van der Waals surface area contributed by atoms with Gasteiger partial charge in [0.15, 0.2) is 0 Å². The Hall–Kier alpha value is -2.46. The third-order valence-electron chi connectivity index (χ3n) is 6.26. The second-order valence-electron chi connectivity index (χ2n) is 9.34. The molecule has 0 N–H and O–H groups in total. The molecule has 0 spiro atoms. The van der Waals surface area contributed by atoms with Crippen LogP contribution in [0.1, 0.15) is 84.8 Å². The van der Waals surface area contributed by atoms with Gasteiger partial charge in [0.25, 0.3) is 0 Å². The van der Waals surface area contributed by atoms with Gasteiger partial charge in [0, 0.05) is 46.1 Å². The zero-order valence-corrected chi connectivity index (χ0v) is 23.1. The van der Waals surface area contributed by atoms with Crippen LogP contribution in [0.25, 0.3) is 11.1 Å². The van der Waals surface area contributed by atoms with Crippen molar-refractivity contribution in [3.63, 3.8) is 0 Å². The predicted molar refractivity (Wildman–Crippen MR) is 150 cm³/mol. The van der Waals surface area contributed by atoms with Crippen LogP contribution in [0.3, 0.4) is 0 Å². The Kier molecular flexibility index (Phi) is 15.6. The molecule has 0 radical (unpaired) electrons. The maximum Gasteiger partial charge on any atom is 0.219 e. The minimum atomic E-state index is 0.188. The molecule has 1 aliphatic heterocycles. The number of unbranched alkanes of at least 4 members (excludes halogenated alkanes) is 2. The van der Waals surface area contributed by atoms with E-state index in [9.17, 15) is 9.59 Å². The zero-order valence-electron chi connectivity index (χ0n) is 23.1. The van der Waals surface area contributed by atoms with E-state index in [0.717, 1.165) is 58.4 Å². The molecule has 35 heavy (non-hydrogen) atoms. The molecule has 0 aromatic heterocycles. The summed E-state index contributed by atoms with van der Waals surface area (Å²) in [6.45, 7) is 16.5. The lowest BCUT2D eigenvalue weighted by Crippen LogP contribution is -2.47. The Morgan fingerprint density at radius 1 is 0.686 bits per heavy atom. The normalized spacial score (nSPS) is 13.3. The maximum absolute atomic E-state index is 11.4. The number of aryl methyl sites for hydroxylation is 1. The molecule has 4 heteroatoms. The molecule has 3 rings (SSSR count). The number of benzene rings is 2. The lowest BCUT2D eigenvalue weighted by Gasteiger charge is -2.34. The number of Topliss-reactive ketones (excluding diaryl/α,β-unsaturated/α-hetero) is 1. The predicted octanol–water partition coefficient (Wildman–Crippen LogP) is 7.15. The van der Waals surface area contributed by atoms with Gasteiger partial charge in [-0.2, -0.15) is 0 Å². The second kappa shape index (κ2) is 17.9. The van der Waals surface area contributed by atoms with E-state index in [2.05, 4.69) is 81.1 Å². The topological polar surface area (TPSA) is 40.6 Å². The van der Waals surface area contributed by atoms with Crippen molar-refractivity contribution in [2.75, 3.05) is 26.2 Å². The van der Waals surface area contributed by atoms with Gasteiger partial charge in [-0.3, -0.25) is 9.69 Å². The van der Waals surface area contributed by atoms with E-state index in [-0.39, 0.29) is 5.91 Å². The van der Waals surface area contributed by atoms with Crippen LogP contribution in [0.2, 0.25) is 0 Å². The molecule has 0 atom stereocenters. The van der Waals surface area contributed by atoms with Crippen LogP contribution in [-0.4, -0.2) is 47.7 Å². The lowest BCUT2D eigenvalue weighted by atomic mass is 10.0. The Morgan fingerprint density at radius 2 is 1.17 bits per heavy atom. The van der Waals surface area contributed by atoms with E-state index in [1.165, 1.54) is 35.1 Å². The first-order chi connectivity index (χ1) is 16.8. The molecule has 1 heterocycles. The number of piperazine rings is 1. The van der Waals surface area contributed by atoms with Gasteiger partial charge in [-0.05, 0) is 42.0 Å². The van der Waals surface area contributed by atoms with Gasteiger partial charge in [-0.1, -0.05) is 95.5 Å². The average Bonchev–Trinajstić information content (AvgIpc) is 2.89. The molecular formula is C31H48N2O2. The van der Waals surface area contributed by atoms with Crippen molar-refractivity contribution in [1.82, 2.24) is 9.80 Å². The summed E-state index contributed by atoms with van der Waals surface area (Å²) < 4.78 is 0. The van der Waals surface area contributed by atoms with Crippen molar-refractivity contribution < 1.29 is 9.59 Å². The van der Waals surface area contributed by atoms with Gasteiger partial charge in [-0.25, -0.2) is 0 Å². The Morgan fingerprint density at radius 3 is 1.51 bits per heavy atom. The van der Waals surface area contributed by atoms with E-state index in [1.807, 2.05) is 4.90 Å². The summed E-state index contributed by atoms with van der Waals surface area (Å²) in [6, 6.07) is 17.7. The standard InChI is InChI=1S/C21H26N2O.C6H12O.C4H10/c1-3-18-4-8-20(9-5-18)21-10-6-19(7-11-21)16-22-12-14-23(15-13-22)17(2)24;1-3-4-5-6(2)7;1-3-4-2/h4-11H,3,12-16H2,1-2H3;3-5H2,1-2H3;3-4H2,1-2H3. The van der Waals surface area contributed by atoms with Crippen LogP contribution < -0.4 is 0 Å². The molecule has 1 fully saturated rings. The maximum atomic E-state index is 11.4. The molecule has 1 saturated heterocycles. The van der Waals surface area contributed by atoms with Gasteiger partial charge in [0.1, 0.15) is 5.78 Å². The quantitative estimate of drug-likeness (QED) is 0.403. The Balaban J connectivity index is 0.000000468. The smallest absolute Gasteiger partial charge is 0.219 e. The van der Waals surface area contributed by atoms with Gasteiger partial charge in [-0.15, -0.1) is 0 Å². The number of nitrogens with zero attached hydrogens (tertiary/aromatic N) is 2. The summed E-state index contributed by atoms with van der Waals surface area (Å²) in [4.78, 5) is 25.9. The first-order valence-electron chi connectivity index (χ1n) is 13.5. The molecule has 0 bridgehead atoms. The molecule has 2 aromatic rings. The monoisotopic (exact) mass is 480 g/mol. The molecule has 0 aliphatic carbocycles. The number of ketones is 1. The first-order valence-corrected chi connectivity index (χ1v) is 13.5. The lowest BCUT2D eigenvalue weighted by molar-refractivity contribution is -0.130. The van der Waals surface area contributed by atoms with E-state index >= 15 is 0 Å². The summed E-state index contributed by atoms with van der Waals surface area (Å²) >= 11 is 0. The minimum Gasteiger partial charge on any atom is -0.340 e. The van der Waals surface area contributed by atoms with Crippen molar-refractivity contribution in [3.05, 3.63) is 59.7 Å². The molecule has 1 aliphatic rings. The third-order valence-corrected chi connectivity index (χ3v) is 6.26. The first kappa shape index (κ1) is 30.6. The summed E-state index contributed by atoms with van der Waals surface area (Å²) in [6.07, 6.45) is 6.65. The summed E-state index contributed by atoms with van der Waals surface area (Å²) in [5, 5.41) is 0. The van der Waals surface area contributed by atoms with Crippen LogP contribution in [-0.2, 0) is 22.6 Å². The summed E-state index contributed by atoms with van der Waals surface area (Å²) in [5.74, 6) is 0.495. The van der Waals surface area contributed by atoms with E-state index in [1.54, 1.807) is 13.8 Å². The van der Waals surface area contributed by atoms with E-state index in [0.29, 0.717) is 5.78 Å². The van der Waals surface area contributed by atoms with Crippen molar-refractivity contribution in [2.45, 2.75) is 86.6 Å². The van der Waals surface area contributed by atoms with Crippen molar-refractivity contribution >= 4 is 11.7 Å². The highest BCUT2D eigenvalue weighted by Gasteiger charge is 2.18. The highest BCUT2D eigenvalue weighted by atomic mass is 16.2. The van der Waals surface area contributed by atoms with Crippen molar-refractivity contribution in [1.29, 1.82) is 0 Å². The van der Waals surface area contributed by atoms with Crippen LogP contribution in [0.5, 0.6) is 0 Å². The molecular weight excluding hydrogens is 432 g/mol. The summed E-state index contributed by atoms with van der Waals surface area (Å²) in [7, 11) is 0. The SMILES string of the molecule is CCCC.CCCCC(C)=O.CCc1ccc(-c2ccc(CN3CCN(C(C)=O)CC3)cc2)cc1. The fraction of sp³-hybridized carbons (Fsp3) is 0.548.